The van der Waals surface area contributed by atoms with E-state index in [2.05, 4.69) is 112 Å². The molecule has 2 aromatic carbocycles. The molecule has 4 aromatic rings. The first-order valence-corrected chi connectivity index (χ1v) is 12.7. The molecule has 0 spiro atoms. The second-order valence-electron chi connectivity index (χ2n) is 8.62. The number of aromatic nitrogens is 2. The van der Waals surface area contributed by atoms with Crippen LogP contribution in [0.3, 0.4) is 0 Å². The van der Waals surface area contributed by atoms with Crippen molar-refractivity contribution in [3.63, 3.8) is 0 Å². The summed E-state index contributed by atoms with van der Waals surface area (Å²) in [6.45, 7) is 6.61. The van der Waals surface area contributed by atoms with Gasteiger partial charge in [0.25, 0.3) is 0 Å². The van der Waals surface area contributed by atoms with Crippen LogP contribution in [0.15, 0.2) is 83.5 Å². The summed E-state index contributed by atoms with van der Waals surface area (Å²) < 4.78 is 3.42. The van der Waals surface area contributed by atoms with Crippen molar-refractivity contribution in [1.29, 1.82) is 0 Å². The summed E-state index contributed by atoms with van der Waals surface area (Å²) in [7, 11) is 0. The van der Waals surface area contributed by atoms with Crippen LogP contribution in [0.5, 0.6) is 0 Å². The van der Waals surface area contributed by atoms with E-state index >= 15 is 0 Å². The maximum Gasteiger partial charge on any atom is 0.174 e. The molecule has 0 aliphatic carbocycles. The van der Waals surface area contributed by atoms with Gasteiger partial charge in [0.15, 0.2) is 5.11 Å². The number of thiocarbonyl (C=S) groups is 1. The Morgan fingerprint density at radius 1 is 1.00 bits per heavy atom. The molecule has 2 atom stereocenters. The SMILES string of the molecule is CCc1ccccc1-n1c(C)cc(C2C(c3ccccn3)NC(=S)N2c2ccc(Br)cc2)c1C. The van der Waals surface area contributed by atoms with Gasteiger partial charge in [-0.1, -0.05) is 47.1 Å². The molecule has 2 aromatic heterocycles. The molecule has 0 radical (unpaired) electrons. The smallest absolute Gasteiger partial charge is 0.174 e. The number of anilines is 1. The third-order valence-electron chi connectivity index (χ3n) is 6.61. The number of para-hydroxylation sites is 1. The minimum absolute atomic E-state index is 0.0303. The third kappa shape index (κ3) is 3.95. The van der Waals surface area contributed by atoms with E-state index in [1.807, 2.05) is 18.3 Å². The molecule has 0 bridgehead atoms. The maximum atomic E-state index is 5.89. The zero-order valence-electron chi connectivity index (χ0n) is 19.5. The lowest BCUT2D eigenvalue weighted by atomic mass is 9.96. The van der Waals surface area contributed by atoms with Crippen LogP contribution in [0.1, 0.15) is 47.2 Å². The van der Waals surface area contributed by atoms with Gasteiger partial charge in [0, 0.05) is 33.4 Å². The first-order valence-electron chi connectivity index (χ1n) is 11.5. The van der Waals surface area contributed by atoms with E-state index in [1.165, 1.54) is 28.2 Å². The van der Waals surface area contributed by atoms with Crippen molar-refractivity contribution >= 4 is 38.9 Å². The Morgan fingerprint density at radius 3 is 2.44 bits per heavy atom. The van der Waals surface area contributed by atoms with Gasteiger partial charge in [0.1, 0.15) is 0 Å². The fourth-order valence-corrected chi connectivity index (χ4v) is 5.65. The van der Waals surface area contributed by atoms with E-state index in [-0.39, 0.29) is 12.1 Å². The minimum Gasteiger partial charge on any atom is -0.351 e. The second kappa shape index (κ2) is 9.35. The molecule has 1 N–H and O–H groups in total. The van der Waals surface area contributed by atoms with Crippen molar-refractivity contribution in [2.24, 2.45) is 0 Å². The zero-order chi connectivity index (χ0) is 23.8. The van der Waals surface area contributed by atoms with Crippen LogP contribution in [0, 0.1) is 13.8 Å². The normalized spacial score (nSPS) is 17.8. The Kier molecular flexibility index (Phi) is 6.28. The molecule has 1 saturated heterocycles. The number of nitrogens with zero attached hydrogens (tertiary/aromatic N) is 3. The molecule has 1 aliphatic rings. The molecule has 172 valence electrons. The zero-order valence-corrected chi connectivity index (χ0v) is 21.9. The number of nitrogens with one attached hydrogen (secondary N) is 1. The third-order valence-corrected chi connectivity index (χ3v) is 7.45. The van der Waals surface area contributed by atoms with Crippen molar-refractivity contribution in [3.8, 4) is 5.69 Å². The van der Waals surface area contributed by atoms with Crippen LogP contribution in [0.25, 0.3) is 5.69 Å². The topological polar surface area (TPSA) is 33.1 Å². The summed E-state index contributed by atoms with van der Waals surface area (Å²) in [5, 5.41) is 4.28. The molecule has 3 heterocycles. The van der Waals surface area contributed by atoms with Crippen molar-refractivity contribution in [3.05, 3.63) is 112 Å². The maximum absolute atomic E-state index is 5.89. The van der Waals surface area contributed by atoms with E-state index < -0.39 is 0 Å². The van der Waals surface area contributed by atoms with Crippen LogP contribution >= 0.6 is 28.1 Å². The van der Waals surface area contributed by atoms with Crippen LogP contribution in [-0.2, 0) is 6.42 Å². The lowest BCUT2D eigenvalue weighted by molar-refractivity contribution is 0.565. The Bertz CT molecular complexity index is 1330. The highest BCUT2D eigenvalue weighted by molar-refractivity contribution is 9.10. The van der Waals surface area contributed by atoms with Crippen LogP contribution < -0.4 is 10.2 Å². The number of hydrogen-bond donors (Lipinski definition) is 1. The summed E-state index contributed by atoms with van der Waals surface area (Å²) in [6.07, 6.45) is 2.83. The largest absolute Gasteiger partial charge is 0.351 e. The van der Waals surface area contributed by atoms with Gasteiger partial charge in [-0.25, -0.2) is 0 Å². The van der Waals surface area contributed by atoms with E-state index in [9.17, 15) is 0 Å². The molecule has 0 amide bonds. The first-order chi connectivity index (χ1) is 16.5. The second-order valence-corrected chi connectivity index (χ2v) is 9.92. The molecule has 4 nitrogen and oxygen atoms in total. The van der Waals surface area contributed by atoms with Gasteiger partial charge < -0.3 is 14.8 Å². The van der Waals surface area contributed by atoms with Crippen LogP contribution in [0.4, 0.5) is 5.69 Å². The van der Waals surface area contributed by atoms with Gasteiger partial charge in [0.05, 0.1) is 17.8 Å². The fraction of sp³-hybridized carbons (Fsp3) is 0.214. The molecule has 2 unspecified atom stereocenters. The van der Waals surface area contributed by atoms with Gasteiger partial charge in [-0.05, 0) is 92.1 Å². The average molecular weight is 532 g/mol. The predicted octanol–water partition coefficient (Wildman–Crippen LogP) is 6.99. The molecule has 34 heavy (non-hydrogen) atoms. The predicted molar refractivity (Wildman–Crippen MR) is 147 cm³/mol. The molecule has 6 heteroatoms. The van der Waals surface area contributed by atoms with Gasteiger partial charge >= 0.3 is 0 Å². The lowest BCUT2D eigenvalue weighted by Gasteiger charge is -2.28. The lowest BCUT2D eigenvalue weighted by Crippen LogP contribution is -2.29. The van der Waals surface area contributed by atoms with Gasteiger partial charge in [0.2, 0.25) is 0 Å². The fourth-order valence-electron chi connectivity index (χ4n) is 5.04. The Balaban J connectivity index is 1.69. The Labute approximate surface area is 214 Å². The first kappa shape index (κ1) is 22.8. The number of rotatable bonds is 5. The molecule has 0 saturated carbocycles. The number of pyridine rings is 1. The standard InChI is InChI=1S/C28H27BrN4S/c1-4-20-9-5-6-11-25(20)32-18(2)17-23(19(32)3)27-26(24-10-7-8-16-30-24)31-28(34)33(27)22-14-12-21(29)13-15-22/h5-17,26-27H,4H2,1-3H3,(H,31,34). The average Bonchev–Trinajstić information content (AvgIpc) is 3.35. The van der Waals surface area contributed by atoms with E-state index in [4.69, 9.17) is 17.2 Å². The monoisotopic (exact) mass is 530 g/mol. The Hall–Kier alpha value is -2.96. The highest BCUT2D eigenvalue weighted by Crippen LogP contribution is 2.44. The van der Waals surface area contributed by atoms with Gasteiger partial charge in [-0.3, -0.25) is 4.98 Å². The quantitative estimate of drug-likeness (QED) is 0.282. The molecular weight excluding hydrogens is 504 g/mol. The molecule has 1 aliphatic heterocycles. The van der Waals surface area contributed by atoms with Crippen LogP contribution in [-0.4, -0.2) is 14.7 Å². The van der Waals surface area contributed by atoms with Crippen molar-refractivity contribution in [2.45, 2.75) is 39.3 Å². The van der Waals surface area contributed by atoms with Crippen molar-refractivity contribution in [1.82, 2.24) is 14.9 Å². The number of halogens is 1. The van der Waals surface area contributed by atoms with E-state index in [0.717, 1.165) is 22.3 Å². The van der Waals surface area contributed by atoms with E-state index in [0.29, 0.717) is 5.11 Å². The Morgan fingerprint density at radius 2 is 1.74 bits per heavy atom. The molecule has 5 rings (SSSR count). The summed E-state index contributed by atoms with van der Waals surface area (Å²) in [5.41, 5.74) is 8.29. The van der Waals surface area contributed by atoms with Crippen LogP contribution in [0.2, 0.25) is 0 Å². The molecular formula is C28H27BrN4S. The van der Waals surface area contributed by atoms with Crippen molar-refractivity contribution < 1.29 is 0 Å². The van der Waals surface area contributed by atoms with Gasteiger partial charge in [-0.15, -0.1) is 0 Å². The van der Waals surface area contributed by atoms with Gasteiger partial charge in [-0.2, -0.15) is 0 Å². The number of hydrogen-bond acceptors (Lipinski definition) is 2. The summed E-state index contributed by atoms with van der Waals surface area (Å²) in [4.78, 5) is 6.93. The number of aryl methyl sites for hydroxylation is 2. The van der Waals surface area contributed by atoms with E-state index in [1.54, 1.807) is 0 Å². The number of benzene rings is 2. The minimum atomic E-state index is -0.0623. The summed E-state index contributed by atoms with van der Waals surface area (Å²) in [6, 6.07) is 25.3. The highest BCUT2D eigenvalue weighted by atomic mass is 79.9. The summed E-state index contributed by atoms with van der Waals surface area (Å²) >= 11 is 9.46. The van der Waals surface area contributed by atoms with Crippen molar-refractivity contribution in [2.75, 3.05) is 4.90 Å². The summed E-state index contributed by atoms with van der Waals surface area (Å²) in [5.74, 6) is 0. The molecule has 1 fully saturated rings. The highest BCUT2D eigenvalue weighted by Gasteiger charge is 2.42.